The number of carbonyl (C=O) groups excluding carboxylic acids is 1. The molecule has 0 bridgehead atoms. The van der Waals surface area contributed by atoms with Gasteiger partial charge in [0.05, 0.1) is 5.69 Å². The fourth-order valence-electron chi connectivity index (χ4n) is 4.15. The Hall–Kier alpha value is -4.50. The van der Waals surface area contributed by atoms with Crippen molar-refractivity contribution in [1.82, 2.24) is 5.06 Å². The van der Waals surface area contributed by atoms with Crippen LogP contribution in [0.5, 0.6) is 11.5 Å². The molecule has 2 heterocycles. The minimum Gasteiger partial charge on any atom is -0.447 e. The molecule has 0 saturated heterocycles. The van der Waals surface area contributed by atoms with Crippen LogP contribution in [0.15, 0.2) is 71.2 Å². The van der Waals surface area contributed by atoms with Crippen molar-refractivity contribution >= 4 is 34.9 Å². The van der Waals surface area contributed by atoms with Crippen molar-refractivity contribution in [3.8, 4) is 11.5 Å². The van der Waals surface area contributed by atoms with Crippen LogP contribution in [0.2, 0.25) is 0 Å². The Kier molecular flexibility index (Phi) is 6.70. The summed E-state index contributed by atoms with van der Waals surface area (Å²) in [4.78, 5) is 23.9. The number of anilines is 2. The summed E-state index contributed by atoms with van der Waals surface area (Å²) in [6, 6.07) is 18.2. The molecule has 1 amide bonds. The first-order valence-corrected chi connectivity index (χ1v) is 12.1. The van der Waals surface area contributed by atoms with Crippen LogP contribution in [0.4, 0.5) is 17.1 Å². The lowest BCUT2D eigenvalue weighted by atomic mass is 10.0. The van der Waals surface area contributed by atoms with Gasteiger partial charge in [-0.15, -0.1) is 0 Å². The van der Waals surface area contributed by atoms with E-state index in [0.29, 0.717) is 46.5 Å². The van der Waals surface area contributed by atoms with Gasteiger partial charge in [0, 0.05) is 47.1 Å². The summed E-state index contributed by atoms with van der Waals surface area (Å²) in [6.45, 7) is 2.68. The highest BCUT2D eigenvalue weighted by Gasteiger charge is 2.27. The van der Waals surface area contributed by atoms with Crippen molar-refractivity contribution < 1.29 is 19.1 Å². The highest BCUT2D eigenvalue weighted by Crippen LogP contribution is 2.42. The summed E-state index contributed by atoms with van der Waals surface area (Å²) in [5.74, 6) is 1.29. The van der Waals surface area contributed by atoms with Gasteiger partial charge in [-0.05, 0) is 48.4 Å². The number of rotatable bonds is 7. The Bertz CT molecular complexity index is 1380. The Morgan fingerprint density at radius 3 is 2.54 bits per heavy atom. The van der Waals surface area contributed by atoms with Gasteiger partial charge >= 0.3 is 0 Å². The highest BCUT2D eigenvalue weighted by molar-refractivity contribution is 6.05. The fraction of sp³-hybridized carbons (Fsp3) is 0.214. The van der Waals surface area contributed by atoms with Crippen LogP contribution in [0.3, 0.4) is 0 Å². The smallest absolute Gasteiger partial charge is 0.273 e. The second-order valence-electron chi connectivity index (χ2n) is 8.96. The Labute approximate surface area is 215 Å². The number of aliphatic imine (C=N–C) groups is 1. The number of nitrogens with two attached hydrogens (primary N) is 3. The zero-order valence-electron chi connectivity index (χ0n) is 20.5. The van der Waals surface area contributed by atoms with Crippen LogP contribution in [-0.2, 0) is 16.2 Å². The van der Waals surface area contributed by atoms with Crippen molar-refractivity contribution in [1.29, 1.82) is 0 Å². The van der Waals surface area contributed by atoms with Gasteiger partial charge in [0.2, 0.25) is 0 Å². The standard InChI is InChI=1S/C28H29N5O4/c1-2-11-33(35-16-17-3-7-21(29)8-4-17)27(34)20-12-18-5-6-19(13-23(18)32-26(31)14-20)28-36-24-10-9-22(30)15-25(24)37-28/h3-10,12-13,15,28H,2,11,14,16,29-30H2,1H3,(H2,31,32). The van der Waals surface area contributed by atoms with Crippen LogP contribution in [0.1, 0.15) is 42.7 Å². The summed E-state index contributed by atoms with van der Waals surface area (Å²) >= 11 is 0. The van der Waals surface area contributed by atoms with Crippen LogP contribution < -0.4 is 26.7 Å². The van der Waals surface area contributed by atoms with E-state index in [1.807, 2.05) is 43.3 Å². The summed E-state index contributed by atoms with van der Waals surface area (Å²) in [5, 5.41) is 1.39. The molecule has 0 aromatic heterocycles. The van der Waals surface area contributed by atoms with E-state index in [9.17, 15) is 4.79 Å². The molecule has 0 aliphatic carbocycles. The summed E-state index contributed by atoms with van der Waals surface area (Å²) < 4.78 is 11.9. The Morgan fingerprint density at radius 1 is 1.00 bits per heavy atom. The minimum absolute atomic E-state index is 0.204. The average molecular weight is 500 g/mol. The minimum atomic E-state index is -0.631. The molecule has 37 heavy (non-hydrogen) atoms. The number of carbonyl (C=O) groups is 1. The molecular formula is C28H29N5O4. The zero-order valence-corrected chi connectivity index (χ0v) is 20.5. The molecule has 9 heteroatoms. The number of hydroxylamine groups is 2. The van der Waals surface area contributed by atoms with Crippen LogP contribution in [0, 0.1) is 0 Å². The number of fused-ring (bicyclic) bond motifs is 2. The molecule has 0 spiro atoms. The predicted octanol–water partition coefficient (Wildman–Crippen LogP) is 4.47. The van der Waals surface area contributed by atoms with Gasteiger partial charge in [0.25, 0.3) is 12.2 Å². The third-order valence-corrected chi connectivity index (χ3v) is 6.02. The first kappa shape index (κ1) is 24.2. The van der Waals surface area contributed by atoms with Gasteiger partial charge in [0.15, 0.2) is 11.5 Å². The molecule has 2 aliphatic heterocycles. The van der Waals surface area contributed by atoms with Crippen molar-refractivity contribution in [2.24, 2.45) is 10.7 Å². The second-order valence-corrected chi connectivity index (χ2v) is 8.96. The van der Waals surface area contributed by atoms with E-state index < -0.39 is 6.29 Å². The number of nitrogens with zero attached hydrogens (tertiary/aromatic N) is 2. The zero-order chi connectivity index (χ0) is 25.9. The number of amidine groups is 1. The molecule has 1 atom stereocenters. The Morgan fingerprint density at radius 2 is 1.76 bits per heavy atom. The summed E-state index contributed by atoms with van der Waals surface area (Å²) in [7, 11) is 0. The van der Waals surface area contributed by atoms with Gasteiger partial charge in [-0.25, -0.2) is 10.1 Å². The van der Waals surface area contributed by atoms with Gasteiger partial charge in [-0.3, -0.25) is 9.63 Å². The topological polar surface area (TPSA) is 138 Å². The molecule has 6 N–H and O–H groups in total. The molecule has 2 aliphatic rings. The van der Waals surface area contributed by atoms with Crippen LogP contribution >= 0.6 is 0 Å². The molecule has 5 rings (SSSR count). The molecule has 0 radical (unpaired) electrons. The number of hydrogen-bond donors (Lipinski definition) is 3. The SMILES string of the molecule is CCCN(OCc1ccc(N)cc1)C(=O)C1=Cc2ccc(C3Oc4ccc(N)cc4O3)cc2N=C(N)C1. The number of ether oxygens (including phenoxy) is 2. The Balaban J connectivity index is 1.35. The van der Waals surface area contributed by atoms with Crippen molar-refractivity contribution in [3.05, 3.63) is 82.9 Å². The molecule has 1 unspecified atom stereocenters. The normalized spacial score (nSPS) is 15.9. The van der Waals surface area contributed by atoms with Crippen molar-refractivity contribution in [2.75, 3.05) is 18.0 Å². The van der Waals surface area contributed by atoms with Crippen LogP contribution in [0.25, 0.3) is 6.08 Å². The van der Waals surface area contributed by atoms with Gasteiger partial charge in [-0.2, -0.15) is 0 Å². The molecular weight excluding hydrogens is 470 g/mol. The van der Waals surface area contributed by atoms with Gasteiger partial charge in [0.1, 0.15) is 12.4 Å². The lowest BCUT2D eigenvalue weighted by Gasteiger charge is -2.22. The quantitative estimate of drug-likeness (QED) is 0.322. The highest BCUT2D eigenvalue weighted by atomic mass is 16.7. The van der Waals surface area contributed by atoms with Gasteiger partial charge in [-0.1, -0.05) is 31.2 Å². The van der Waals surface area contributed by atoms with E-state index in [2.05, 4.69) is 4.99 Å². The van der Waals surface area contributed by atoms with E-state index in [1.54, 1.807) is 30.3 Å². The largest absolute Gasteiger partial charge is 0.447 e. The number of nitrogen functional groups attached to an aromatic ring is 2. The first-order chi connectivity index (χ1) is 17.9. The summed E-state index contributed by atoms with van der Waals surface area (Å²) in [6.07, 6.45) is 2.12. The molecule has 0 saturated carbocycles. The number of hydrogen-bond acceptors (Lipinski definition) is 8. The maximum Gasteiger partial charge on any atom is 0.273 e. The lowest BCUT2D eigenvalue weighted by Crippen LogP contribution is -2.34. The van der Waals surface area contributed by atoms with E-state index in [1.165, 1.54) is 5.06 Å². The second kappa shape index (κ2) is 10.2. The average Bonchev–Trinajstić information content (AvgIpc) is 3.22. The van der Waals surface area contributed by atoms with E-state index in [-0.39, 0.29) is 18.9 Å². The molecule has 0 fully saturated rings. The first-order valence-electron chi connectivity index (χ1n) is 12.1. The number of amides is 1. The van der Waals surface area contributed by atoms with Crippen LogP contribution in [-0.4, -0.2) is 23.4 Å². The maximum absolute atomic E-state index is 13.5. The predicted molar refractivity (Wildman–Crippen MR) is 143 cm³/mol. The molecule has 9 nitrogen and oxygen atoms in total. The maximum atomic E-state index is 13.5. The van der Waals surface area contributed by atoms with Crippen molar-refractivity contribution in [3.63, 3.8) is 0 Å². The van der Waals surface area contributed by atoms with E-state index in [0.717, 1.165) is 23.1 Å². The molecule has 3 aromatic carbocycles. The van der Waals surface area contributed by atoms with Crippen molar-refractivity contribution in [2.45, 2.75) is 32.7 Å². The monoisotopic (exact) mass is 499 g/mol. The third kappa shape index (κ3) is 5.36. The molecule has 3 aromatic rings. The van der Waals surface area contributed by atoms with Gasteiger partial charge < -0.3 is 26.7 Å². The summed E-state index contributed by atoms with van der Waals surface area (Å²) in [5.41, 5.74) is 22.7. The van der Waals surface area contributed by atoms with E-state index in [4.69, 9.17) is 31.5 Å². The van der Waals surface area contributed by atoms with E-state index >= 15 is 0 Å². The lowest BCUT2D eigenvalue weighted by molar-refractivity contribution is -0.187. The fourth-order valence-corrected chi connectivity index (χ4v) is 4.15. The number of benzene rings is 3. The molecule has 190 valence electrons. The third-order valence-electron chi connectivity index (χ3n) is 6.02.